The summed E-state index contributed by atoms with van der Waals surface area (Å²) in [6.07, 6.45) is 6.28. The summed E-state index contributed by atoms with van der Waals surface area (Å²) in [6.45, 7) is 6.91. The summed E-state index contributed by atoms with van der Waals surface area (Å²) in [5.74, 6) is -0.325. The third-order valence-corrected chi connectivity index (χ3v) is 3.20. The van der Waals surface area contributed by atoms with Crippen LogP contribution in [0.5, 0.6) is 0 Å². The van der Waals surface area contributed by atoms with Crippen LogP contribution in [0.2, 0.25) is 0 Å². The third kappa shape index (κ3) is 2.60. The van der Waals surface area contributed by atoms with Crippen molar-refractivity contribution < 1.29 is 9.50 Å². The van der Waals surface area contributed by atoms with E-state index in [0.717, 1.165) is 25.9 Å². The van der Waals surface area contributed by atoms with E-state index >= 15 is 0 Å². The molecule has 0 saturated carbocycles. The van der Waals surface area contributed by atoms with Crippen molar-refractivity contribution in [2.45, 2.75) is 19.8 Å². The van der Waals surface area contributed by atoms with Gasteiger partial charge in [-0.15, -0.1) is 0 Å². The van der Waals surface area contributed by atoms with Crippen LogP contribution in [-0.4, -0.2) is 24.8 Å². The molecule has 1 fully saturated rings. The van der Waals surface area contributed by atoms with Crippen molar-refractivity contribution in [1.29, 1.82) is 0 Å². The number of nitrogens with one attached hydrogen (secondary N) is 1. The first-order valence-corrected chi connectivity index (χ1v) is 5.67. The zero-order valence-electron chi connectivity index (χ0n) is 9.80. The zero-order valence-corrected chi connectivity index (χ0v) is 9.80. The van der Waals surface area contributed by atoms with Gasteiger partial charge in [0.1, 0.15) is 5.83 Å². The van der Waals surface area contributed by atoms with E-state index in [0.29, 0.717) is 5.57 Å². The maximum Gasteiger partial charge on any atom is 0.126 e. The summed E-state index contributed by atoms with van der Waals surface area (Å²) in [7, 11) is 0. The summed E-state index contributed by atoms with van der Waals surface area (Å²) in [5, 5.41) is 12.8. The Morgan fingerprint density at radius 2 is 2.12 bits per heavy atom. The number of aliphatic hydroxyl groups excluding tert-OH is 1. The van der Waals surface area contributed by atoms with Gasteiger partial charge in [0.05, 0.1) is 6.61 Å². The Labute approximate surface area is 96.6 Å². The van der Waals surface area contributed by atoms with Crippen molar-refractivity contribution >= 4 is 0 Å². The van der Waals surface area contributed by atoms with Crippen LogP contribution in [0, 0.1) is 5.41 Å². The Morgan fingerprint density at radius 1 is 1.50 bits per heavy atom. The molecule has 16 heavy (non-hydrogen) atoms. The van der Waals surface area contributed by atoms with Gasteiger partial charge in [0.25, 0.3) is 0 Å². The van der Waals surface area contributed by atoms with E-state index in [1.165, 1.54) is 6.08 Å². The minimum atomic E-state index is -0.448. The molecule has 0 radical (unpaired) electrons. The Balaban J connectivity index is 3.11. The fraction of sp³-hybridized carbons (Fsp3) is 0.538. The smallest absolute Gasteiger partial charge is 0.126 e. The maximum absolute atomic E-state index is 13.8. The van der Waals surface area contributed by atoms with Crippen molar-refractivity contribution in [1.82, 2.24) is 5.32 Å². The molecule has 1 saturated heterocycles. The third-order valence-electron chi connectivity index (χ3n) is 3.20. The van der Waals surface area contributed by atoms with Crippen LogP contribution in [0.1, 0.15) is 19.8 Å². The van der Waals surface area contributed by atoms with Gasteiger partial charge >= 0.3 is 0 Å². The van der Waals surface area contributed by atoms with Crippen LogP contribution in [0.3, 0.4) is 0 Å². The highest BCUT2D eigenvalue weighted by molar-refractivity contribution is 5.34. The fourth-order valence-electron chi connectivity index (χ4n) is 2.20. The van der Waals surface area contributed by atoms with Crippen LogP contribution >= 0.6 is 0 Å². The molecule has 90 valence electrons. The lowest BCUT2D eigenvalue weighted by Crippen LogP contribution is -2.40. The summed E-state index contributed by atoms with van der Waals surface area (Å²) in [4.78, 5) is 0. The second-order valence-corrected chi connectivity index (χ2v) is 4.15. The molecule has 1 aliphatic heterocycles. The molecule has 0 bridgehead atoms. The number of allylic oxidation sites excluding steroid dienone is 4. The van der Waals surface area contributed by atoms with Crippen molar-refractivity contribution in [3.8, 4) is 0 Å². The minimum Gasteiger partial charge on any atom is -0.395 e. The van der Waals surface area contributed by atoms with Gasteiger partial charge in [0.2, 0.25) is 0 Å². The predicted molar refractivity (Wildman–Crippen MR) is 64.8 cm³/mol. The second-order valence-electron chi connectivity index (χ2n) is 4.15. The second kappa shape index (κ2) is 5.97. The molecule has 1 rings (SSSR count). The first kappa shape index (κ1) is 13.1. The van der Waals surface area contributed by atoms with Crippen molar-refractivity contribution in [2.75, 3.05) is 19.7 Å². The monoisotopic (exact) mass is 225 g/mol. The number of hydrogen-bond acceptors (Lipinski definition) is 2. The molecule has 3 heteroatoms. The van der Waals surface area contributed by atoms with Crippen LogP contribution < -0.4 is 5.32 Å². The average molecular weight is 225 g/mol. The maximum atomic E-state index is 13.8. The molecule has 0 aromatic rings. The summed E-state index contributed by atoms with van der Waals surface area (Å²) in [6, 6.07) is 0. The van der Waals surface area contributed by atoms with Gasteiger partial charge in [-0.1, -0.05) is 18.7 Å². The van der Waals surface area contributed by atoms with Gasteiger partial charge in [0.15, 0.2) is 0 Å². The van der Waals surface area contributed by atoms with E-state index in [9.17, 15) is 9.50 Å². The van der Waals surface area contributed by atoms with E-state index in [4.69, 9.17) is 0 Å². The largest absolute Gasteiger partial charge is 0.395 e. The van der Waals surface area contributed by atoms with Crippen molar-refractivity contribution in [3.05, 3.63) is 36.2 Å². The molecule has 1 aliphatic rings. The van der Waals surface area contributed by atoms with E-state index < -0.39 is 5.41 Å². The predicted octanol–water partition coefficient (Wildman–Crippen LogP) is 2.33. The molecule has 0 amide bonds. The quantitative estimate of drug-likeness (QED) is 0.720. The molecular weight excluding hydrogens is 205 g/mol. The molecule has 0 aromatic carbocycles. The normalized spacial score (nSPS) is 21.9. The van der Waals surface area contributed by atoms with Crippen LogP contribution in [0.15, 0.2) is 36.2 Å². The van der Waals surface area contributed by atoms with Gasteiger partial charge in [-0.2, -0.15) is 0 Å². The first-order valence-electron chi connectivity index (χ1n) is 5.67. The van der Waals surface area contributed by atoms with Crippen LogP contribution in [0.25, 0.3) is 0 Å². The molecular formula is C13H20FNO. The number of aliphatic hydroxyl groups is 1. The van der Waals surface area contributed by atoms with Gasteiger partial charge in [-0.3, -0.25) is 0 Å². The summed E-state index contributed by atoms with van der Waals surface area (Å²) in [5.41, 5.74) is 0.129. The fourth-order valence-corrected chi connectivity index (χ4v) is 2.20. The highest BCUT2D eigenvalue weighted by atomic mass is 19.1. The topological polar surface area (TPSA) is 32.3 Å². The lowest BCUT2D eigenvalue weighted by molar-refractivity contribution is 0.124. The van der Waals surface area contributed by atoms with E-state index in [2.05, 4.69) is 11.9 Å². The zero-order chi connectivity index (χ0) is 12.0. The van der Waals surface area contributed by atoms with Gasteiger partial charge in [-0.05, 0) is 44.5 Å². The lowest BCUT2D eigenvalue weighted by atomic mass is 9.72. The van der Waals surface area contributed by atoms with Gasteiger partial charge in [0, 0.05) is 5.41 Å². The molecule has 0 aliphatic carbocycles. The molecule has 0 aromatic heterocycles. The van der Waals surface area contributed by atoms with Crippen molar-refractivity contribution in [2.24, 2.45) is 5.41 Å². The van der Waals surface area contributed by atoms with Gasteiger partial charge < -0.3 is 10.4 Å². The highest BCUT2D eigenvalue weighted by Crippen LogP contribution is 2.39. The molecule has 0 spiro atoms. The van der Waals surface area contributed by atoms with Crippen LogP contribution in [-0.2, 0) is 0 Å². The summed E-state index contributed by atoms with van der Waals surface area (Å²) >= 11 is 0. The van der Waals surface area contributed by atoms with Gasteiger partial charge in [-0.25, -0.2) is 4.39 Å². The lowest BCUT2D eigenvalue weighted by Gasteiger charge is -2.37. The molecule has 0 atom stereocenters. The minimum absolute atomic E-state index is 0.0182. The Kier molecular flexibility index (Phi) is 4.90. The Hall–Kier alpha value is -0.930. The number of piperidine rings is 1. The van der Waals surface area contributed by atoms with Crippen molar-refractivity contribution in [3.63, 3.8) is 0 Å². The highest BCUT2D eigenvalue weighted by Gasteiger charge is 2.35. The standard InChI is InChI=1S/C13H20FNO/c1-3-5-11(12(14)4-2)13(10-16)6-8-15-9-7-13/h3-5,15-16H,2,6-10H2,1H3/b5-3-,12-11-. The van der Waals surface area contributed by atoms with E-state index in [-0.39, 0.29) is 12.4 Å². The first-order chi connectivity index (χ1) is 7.70. The molecule has 2 N–H and O–H groups in total. The van der Waals surface area contributed by atoms with E-state index in [1.807, 2.05) is 6.92 Å². The number of hydrogen-bond donors (Lipinski definition) is 2. The average Bonchev–Trinajstić information content (AvgIpc) is 2.36. The van der Waals surface area contributed by atoms with E-state index in [1.54, 1.807) is 12.2 Å². The Bertz CT molecular complexity index is 301. The molecule has 0 unspecified atom stereocenters. The number of halogens is 1. The SMILES string of the molecule is C=C/C(F)=C(\C=C/C)C1(CO)CCNCC1. The summed E-state index contributed by atoms with van der Waals surface area (Å²) < 4.78 is 13.8. The molecule has 1 heterocycles. The molecule has 2 nitrogen and oxygen atoms in total. The van der Waals surface area contributed by atoms with Crippen LogP contribution in [0.4, 0.5) is 4.39 Å². The number of rotatable bonds is 4. The Morgan fingerprint density at radius 3 is 2.56 bits per heavy atom.